The summed E-state index contributed by atoms with van der Waals surface area (Å²) in [4.78, 5) is 28.8. The van der Waals surface area contributed by atoms with Crippen LogP contribution < -0.4 is 0 Å². The van der Waals surface area contributed by atoms with Crippen LogP contribution in [0, 0.1) is 17.8 Å². The van der Waals surface area contributed by atoms with Gasteiger partial charge < -0.3 is 4.90 Å². The van der Waals surface area contributed by atoms with E-state index in [2.05, 4.69) is 70.8 Å². The molecule has 0 radical (unpaired) electrons. The van der Waals surface area contributed by atoms with Crippen molar-refractivity contribution in [2.75, 3.05) is 7.05 Å². The van der Waals surface area contributed by atoms with Crippen molar-refractivity contribution in [1.82, 2.24) is 4.90 Å². The van der Waals surface area contributed by atoms with Crippen LogP contribution in [0.4, 0.5) is 0 Å². The van der Waals surface area contributed by atoms with E-state index in [1.807, 2.05) is 0 Å². The van der Waals surface area contributed by atoms with E-state index in [1.54, 1.807) is 0 Å². The summed E-state index contributed by atoms with van der Waals surface area (Å²) in [6.45, 7) is 10.7. The number of ketones is 2. The van der Waals surface area contributed by atoms with Gasteiger partial charge in [-0.2, -0.15) is 0 Å². The second kappa shape index (κ2) is 6.17. The second-order valence-electron chi connectivity index (χ2n) is 10.5. The number of rotatable bonds is 1. The molecule has 0 saturated carbocycles. The Balaban J connectivity index is 1.96. The molecule has 0 unspecified atom stereocenters. The summed E-state index contributed by atoms with van der Waals surface area (Å²) in [6, 6.07) is 8.37. The molecule has 3 heteroatoms. The summed E-state index contributed by atoms with van der Waals surface area (Å²) < 4.78 is 0. The third-order valence-electron chi connectivity index (χ3n) is 6.59. The number of carbonyl (C=O) groups is 2. The van der Waals surface area contributed by atoms with Gasteiger partial charge in [-0.25, -0.2) is 0 Å². The number of Topliss-reactive ketones (excluding diaryl/α,β-unsaturated/α-hetero) is 2. The second-order valence-corrected chi connectivity index (χ2v) is 10.5. The fourth-order valence-corrected chi connectivity index (χ4v) is 5.26. The first kappa shape index (κ1) is 19.2. The number of carbonyl (C=O) groups excluding carboxylic acids is 2. The van der Waals surface area contributed by atoms with E-state index in [0.29, 0.717) is 12.8 Å². The minimum atomic E-state index is -0.214. The van der Waals surface area contributed by atoms with Crippen molar-refractivity contribution >= 4 is 11.6 Å². The van der Waals surface area contributed by atoms with E-state index in [4.69, 9.17) is 0 Å². The quantitative estimate of drug-likeness (QED) is 0.665. The van der Waals surface area contributed by atoms with Gasteiger partial charge in [0.15, 0.2) is 11.6 Å². The van der Waals surface area contributed by atoms with E-state index in [0.717, 1.165) is 40.9 Å². The Morgan fingerprint density at radius 1 is 0.786 bits per heavy atom. The van der Waals surface area contributed by atoms with Crippen LogP contribution in [0.25, 0.3) is 0 Å². The normalized spacial score (nSPS) is 24.4. The Hall–Kier alpha value is -2.16. The van der Waals surface area contributed by atoms with Gasteiger partial charge in [0.05, 0.1) is 0 Å². The molecule has 148 valence electrons. The highest BCUT2D eigenvalue weighted by atomic mass is 16.1. The predicted molar refractivity (Wildman–Crippen MR) is 112 cm³/mol. The number of hydrogen-bond acceptors (Lipinski definition) is 3. The molecular formula is C25H31NO2. The van der Waals surface area contributed by atoms with Crippen LogP contribution in [0.3, 0.4) is 0 Å². The Labute approximate surface area is 168 Å². The predicted octanol–water partition coefficient (Wildman–Crippen LogP) is 5.31. The molecule has 28 heavy (non-hydrogen) atoms. The molecule has 1 aliphatic heterocycles. The lowest BCUT2D eigenvalue weighted by molar-refractivity contribution is -0.119. The third kappa shape index (κ3) is 3.05. The van der Waals surface area contributed by atoms with Gasteiger partial charge >= 0.3 is 0 Å². The molecule has 0 atom stereocenters. The van der Waals surface area contributed by atoms with Gasteiger partial charge in [-0.1, -0.05) is 57.5 Å². The van der Waals surface area contributed by atoms with E-state index < -0.39 is 0 Å². The molecule has 1 heterocycles. The number of hydrogen-bond donors (Lipinski definition) is 0. The number of aryl methyl sites for hydroxylation is 1. The lowest BCUT2D eigenvalue weighted by Crippen LogP contribution is -2.43. The van der Waals surface area contributed by atoms with E-state index in [9.17, 15) is 9.59 Å². The van der Waals surface area contributed by atoms with Crippen LogP contribution in [0.2, 0.25) is 0 Å². The van der Waals surface area contributed by atoms with Gasteiger partial charge in [0.2, 0.25) is 0 Å². The zero-order chi connectivity index (χ0) is 20.4. The summed E-state index contributed by atoms with van der Waals surface area (Å²) in [5.74, 6) is 0.190. The average molecular weight is 378 g/mol. The number of allylic oxidation sites excluding steroid dienone is 4. The first-order valence-electron chi connectivity index (χ1n) is 10.3. The molecule has 0 amide bonds. The van der Waals surface area contributed by atoms with Crippen molar-refractivity contribution in [3.63, 3.8) is 0 Å². The van der Waals surface area contributed by atoms with E-state index in [1.165, 1.54) is 5.56 Å². The standard InChI is InChI=1S/C25H31NO2/c1-15-7-9-16(10-8-15)21-22-17(11-24(2,3)13-19(22)27)26(6)18-12-25(4,5)14-20(28)23(18)21/h7-10,21H,11-14H2,1-6H3. The molecule has 1 aromatic rings. The smallest absolute Gasteiger partial charge is 0.162 e. The largest absolute Gasteiger partial charge is 0.351 e. The summed E-state index contributed by atoms with van der Waals surface area (Å²) in [5.41, 5.74) is 6.12. The topological polar surface area (TPSA) is 37.4 Å². The van der Waals surface area contributed by atoms with Crippen molar-refractivity contribution < 1.29 is 9.59 Å². The van der Waals surface area contributed by atoms with Gasteiger partial charge in [0, 0.05) is 48.3 Å². The van der Waals surface area contributed by atoms with Crippen molar-refractivity contribution in [1.29, 1.82) is 0 Å². The van der Waals surface area contributed by atoms with E-state index in [-0.39, 0.29) is 28.3 Å². The maximum absolute atomic E-state index is 13.3. The number of nitrogens with zero attached hydrogens (tertiary/aromatic N) is 1. The zero-order valence-corrected chi connectivity index (χ0v) is 18.0. The highest BCUT2D eigenvalue weighted by Crippen LogP contribution is 2.53. The average Bonchev–Trinajstić information content (AvgIpc) is 2.56. The zero-order valence-electron chi connectivity index (χ0n) is 18.0. The Bertz CT molecular complexity index is 874. The molecule has 0 bridgehead atoms. The van der Waals surface area contributed by atoms with Crippen LogP contribution in [0.1, 0.15) is 70.4 Å². The van der Waals surface area contributed by atoms with Crippen molar-refractivity contribution in [2.24, 2.45) is 10.8 Å². The summed E-state index contributed by atoms with van der Waals surface area (Å²) in [6.07, 6.45) is 2.84. The molecule has 3 aliphatic rings. The molecule has 1 aromatic carbocycles. The molecule has 4 rings (SSSR count). The number of benzene rings is 1. The molecule has 3 nitrogen and oxygen atoms in total. The Morgan fingerprint density at radius 3 is 1.64 bits per heavy atom. The lowest BCUT2D eigenvalue weighted by Gasteiger charge is -2.47. The SMILES string of the molecule is Cc1ccc(C2C3=C(CC(C)(C)CC3=O)N(C)C3=C2C(=O)CC(C)(C)C3)cc1. The van der Waals surface area contributed by atoms with Crippen LogP contribution in [-0.4, -0.2) is 23.5 Å². The van der Waals surface area contributed by atoms with E-state index >= 15 is 0 Å². The fourth-order valence-electron chi connectivity index (χ4n) is 5.26. The summed E-state index contributed by atoms with van der Waals surface area (Å²) in [5, 5.41) is 0. The van der Waals surface area contributed by atoms with Crippen LogP contribution in [-0.2, 0) is 9.59 Å². The van der Waals surface area contributed by atoms with Gasteiger partial charge in [-0.05, 0) is 36.2 Å². The highest BCUT2D eigenvalue weighted by molar-refractivity contribution is 6.06. The molecular weight excluding hydrogens is 346 g/mol. The molecule has 0 N–H and O–H groups in total. The molecule has 0 saturated heterocycles. The van der Waals surface area contributed by atoms with Crippen molar-refractivity contribution in [3.05, 3.63) is 57.9 Å². The first-order chi connectivity index (χ1) is 13.0. The molecule has 0 spiro atoms. The van der Waals surface area contributed by atoms with Crippen molar-refractivity contribution in [2.45, 2.75) is 66.2 Å². The Morgan fingerprint density at radius 2 is 1.21 bits per heavy atom. The maximum atomic E-state index is 13.3. The lowest BCUT2D eigenvalue weighted by atomic mass is 9.64. The van der Waals surface area contributed by atoms with Gasteiger partial charge in [-0.3, -0.25) is 9.59 Å². The maximum Gasteiger partial charge on any atom is 0.162 e. The first-order valence-corrected chi connectivity index (χ1v) is 10.3. The molecule has 0 aromatic heterocycles. The molecule has 0 fully saturated rings. The van der Waals surface area contributed by atoms with Gasteiger partial charge in [0.25, 0.3) is 0 Å². The fraction of sp³-hybridized carbons (Fsp3) is 0.520. The highest BCUT2D eigenvalue weighted by Gasteiger charge is 2.48. The Kier molecular flexibility index (Phi) is 4.22. The van der Waals surface area contributed by atoms with Gasteiger partial charge in [-0.15, -0.1) is 0 Å². The third-order valence-corrected chi connectivity index (χ3v) is 6.59. The summed E-state index contributed by atoms with van der Waals surface area (Å²) in [7, 11) is 2.05. The van der Waals surface area contributed by atoms with Crippen LogP contribution in [0.15, 0.2) is 46.8 Å². The van der Waals surface area contributed by atoms with Crippen LogP contribution in [0.5, 0.6) is 0 Å². The van der Waals surface area contributed by atoms with Gasteiger partial charge in [0.1, 0.15) is 0 Å². The monoisotopic (exact) mass is 377 g/mol. The summed E-state index contributed by atoms with van der Waals surface area (Å²) >= 11 is 0. The minimum Gasteiger partial charge on any atom is -0.351 e. The van der Waals surface area contributed by atoms with Crippen molar-refractivity contribution in [3.8, 4) is 0 Å². The minimum absolute atomic E-state index is 0.0474. The van der Waals surface area contributed by atoms with Crippen LogP contribution >= 0.6 is 0 Å². The molecule has 2 aliphatic carbocycles.